The molecule has 1 aromatic heterocycles. The van der Waals surface area contributed by atoms with Gasteiger partial charge in [-0.3, -0.25) is 4.98 Å². The van der Waals surface area contributed by atoms with Crippen LogP contribution in [0.3, 0.4) is 0 Å². The van der Waals surface area contributed by atoms with E-state index in [1.165, 1.54) is 37.0 Å². The van der Waals surface area contributed by atoms with Crippen molar-refractivity contribution < 1.29 is 0 Å². The van der Waals surface area contributed by atoms with Crippen LogP contribution >= 0.6 is 11.3 Å². The number of likely N-dealkylation sites (N-methyl/N-ethyl adjacent to an activating group) is 2. The van der Waals surface area contributed by atoms with Gasteiger partial charge in [0.25, 0.3) is 0 Å². The van der Waals surface area contributed by atoms with Crippen LogP contribution < -0.4 is 5.32 Å². The molecule has 1 aliphatic carbocycles. The van der Waals surface area contributed by atoms with E-state index in [-0.39, 0.29) is 0 Å². The number of aromatic nitrogens is 1. The van der Waals surface area contributed by atoms with Gasteiger partial charge in [0.2, 0.25) is 0 Å². The fourth-order valence-corrected chi connectivity index (χ4v) is 4.16. The van der Waals surface area contributed by atoms with Crippen LogP contribution in [0.2, 0.25) is 0 Å². The van der Waals surface area contributed by atoms with Crippen molar-refractivity contribution in [1.82, 2.24) is 15.2 Å². The van der Waals surface area contributed by atoms with E-state index < -0.39 is 0 Å². The molecule has 3 nitrogen and oxygen atoms in total. The van der Waals surface area contributed by atoms with Crippen molar-refractivity contribution >= 4 is 11.3 Å². The SMILES string of the molecule is CCNC(Cc1cncs1)C1(N(C)C)CCCCC1. The first kappa shape index (κ1) is 14.9. The van der Waals surface area contributed by atoms with Crippen LogP contribution in [0.25, 0.3) is 0 Å². The number of thiazole rings is 1. The third kappa shape index (κ3) is 3.36. The van der Waals surface area contributed by atoms with Crippen molar-refractivity contribution in [2.24, 2.45) is 0 Å². The van der Waals surface area contributed by atoms with Gasteiger partial charge in [0.15, 0.2) is 0 Å². The lowest BCUT2D eigenvalue weighted by Crippen LogP contribution is -2.60. The normalized spacial score (nSPS) is 20.6. The molecule has 1 unspecified atom stereocenters. The van der Waals surface area contributed by atoms with E-state index in [9.17, 15) is 0 Å². The maximum absolute atomic E-state index is 4.23. The Hall–Kier alpha value is -0.450. The minimum Gasteiger partial charge on any atom is -0.312 e. The molecular weight excluding hydrogens is 254 g/mol. The first-order chi connectivity index (χ1) is 9.19. The molecule has 1 N–H and O–H groups in total. The van der Waals surface area contributed by atoms with Gasteiger partial charge in [-0.25, -0.2) is 0 Å². The lowest BCUT2D eigenvalue weighted by atomic mass is 9.74. The highest BCUT2D eigenvalue weighted by Gasteiger charge is 2.41. The summed E-state index contributed by atoms with van der Waals surface area (Å²) in [6, 6.07) is 0.535. The van der Waals surface area contributed by atoms with Crippen LogP contribution in [0.5, 0.6) is 0 Å². The Bertz CT molecular complexity index is 355. The molecular formula is C15H27N3S. The molecule has 2 rings (SSSR count). The molecule has 1 aromatic rings. The summed E-state index contributed by atoms with van der Waals surface area (Å²) in [6.07, 6.45) is 9.89. The Labute approximate surface area is 121 Å². The zero-order valence-electron chi connectivity index (χ0n) is 12.5. The molecule has 1 saturated carbocycles. The van der Waals surface area contributed by atoms with Crippen LogP contribution in [-0.2, 0) is 6.42 Å². The molecule has 1 fully saturated rings. The topological polar surface area (TPSA) is 28.2 Å². The minimum absolute atomic E-state index is 0.318. The molecule has 19 heavy (non-hydrogen) atoms. The summed E-state index contributed by atoms with van der Waals surface area (Å²) in [5, 5.41) is 3.75. The van der Waals surface area contributed by atoms with Gasteiger partial charge in [0.1, 0.15) is 0 Å². The highest BCUT2D eigenvalue weighted by atomic mass is 32.1. The molecule has 0 aliphatic heterocycles. The maximum Gasteiger partial charge on any atom is 0.0794 e. The van der Waals surface area contributed by atoms with Crippen LogP contribution in [0.15, 0.2) is 11.7 Å². The fraction of sp³-hybridized carbons (Fsp3) is 0.800. The predicted octanol–water partition coefficient (Wildman–Crippen LogP) is 2.93. The molecule has 108 valence electrons. The quantitative estimate of drug-likeness (QED) is 0.869. The standard InChI is InChI=1S/C15H27N3S/c1-4-17-14(10-13-11-16-12-19-13)15(18(2)3)8-6-5-7-9-15/h11-12,14,17H,4-10H2,1-3H3. The van der Waals surface area contributed by atoms with Gasteiger partial charge >= 0.3 is 0 Å². The van der Waals surface area contributed by atoms with Gasteiger partial charge < -0.3 is 10.2 Å². The molecule has 0 bridgehead atoms. The lowest BCUT2D eigenvalue weighted by Gasteiger charge is -2.49. The second-order valence-corrected chi connectivity index (χ2v) is 6.81. The minimum atomic E-state index is 0.318. The van der Waals surface area contributed by atoms with E-state index >= 15 is 0 Å². The summed E-state index contributed by atoms with van der Waals surface area (Å²) in [6.45, 7) is 3.25. The third-order valence-corrected chi connectivity index (χ3v) is 5.40. The lowest BCUT2D eigenvalue weighted by molar-refractivity contribution is 0.0577. The molecule has 1 atom stereocenters. The van der Waals surface area contributed by atoms with Crippen LogP contribution in [-0.4, -0.2) is 42.1 Å². The summed E-state index contributed by atoms with van der Waals surface area (Å²) >= 11 is 1.78. The highest BCUT2D eigenvalue weighted by molar-refractivity contribution is 7.09. The van der Waals surface area contributed by atoms with E-state index in [4.69, 9.17) is 0 Å². The zero-order valence-corrected chi connectivity index (χ0v) is 13.3. The Kier molecular flexibility index (Phi) is 5.37. The average Bonchev–Trinajstić information content (AvgIpc) is 2.92. The first-order valence-electron chi connectivity index (χ1n) is 7.47. The zero-order chi connectivity index (χ0) is 13.7. The van der Waals surface area contributed by atoms with Crippen molar-refractivity contribution in [3.63, 3.8) is 0 Å². The number of rotatable bonds is 6. The van der Waals surface area contributed by atoms with Crippen LogP contribution in [0.1, 0.15) is 43.9 Å². The van der Waals surface area contributed by atoms with Gasteiger partial charge in [-0.05, 0) is 33.5 Å². The molecule has 4 heteroatoms. The van der Waals surface area contributed by atoms with Gasteiger partial charge in [-0.2, -0.15) is 0 Å². The summed E-state index contributed by atoms with van der Waals surface area (Å²) in [5.74, 6) is 0. The van der Waals surface area contributed by atoms with Crippen molar-refractivity contribution in [3.05, 3.63) is 16.6 Å². The maximum atomic E-state index is 4.23. The second kappa shape index (κ2) is 6.82. The Morgan fingerprint density at radius 1 is 1.37 bits per heavy atom. The smallest absolute Gasteiger partial charge is 0.0794 e. The van der Waals surface area contributed by atoms with E-state index in [0.717, 1.165) is 13.0 Å². The number of hydrogen-bond acceptors (Lipinski definition) is 4. The number of nitrogens with one attached hydrogen (secondary N) is 1. The van der Waals surface area contributed by atoms with E-state index in [2.05, 4.69) is 36.2 Å². The summed E-state index contributed by atoms with van der Waals surface area (Å²) in [5.41, 5.74) is 2.26. The van der Waals surface area contributed by atoms with Crippen molar-refractivity contribution in [3.8, 4) is 0 Å². The number of hydrogen-bond donors (Lipinski definition) is 1. The van der Waals surface area contributed by atoms with Gasteiger partial charge in [0, 0.05) is 29.1 Å². The summed E-state index contributed by atoms with van der Waals surface area (Å²) < 4.78 is 0. The fourth-order valence-electron chi connectivity index (χ4n) is 3.51. The van der Waals surface area contributed by atoms with Crippen molar-refractivity contribution in [2.45, 2.75) is 57.0 Å². The second-order valence-electron chi connectivity index (χ2n) is 5.84. The molecule has 0 aromatic carbocycles. The Balaban J connectivity index is 2.18. The molecule has 0 saturated heterocycles. The largest absolute Gasteiger partial charge is 0.312 e. The average molecular weight is 281 g/mol. The summed E-state index contributed by atoms with van der Waals surface area (Å²) in [4.78, 5) is 8.10. The molecule has 1 aliphatic rings. The highest BCUT2D eigenvalue weighted by Crippen LogP contribution is 2.36. The Morgan fingerprint density at radius 2 is 2.11 bits per heavy atom. The van der Waals surface area contributed by atoms with Crippen molar-refractivity contribution in [1.29, 1.82) is 0 Å². The third-order valence-electron chi connectivity index (χ3n) is 4.60. The van der Waals surface area contributed by atoms with Crippen LogP contribution in [0.4, 0.5) is 0 Å². The molecule has 1 heterocycles. The molecule has 0 radical (unpaired) electrons. The van der Waals surface area contributed by atoms with E-state index in [0.29, 0.717) is 11.6 Å². The van der Waals surface area contributed by atoms with Gasteiger partial charge in [-0.1, -0.05) is 26.2 Å². The first-order valence-corrected chi connectivity index (χ1v) is 8.35. The molecule has 0 amide bonds. The van der Waals surface area contributed by atoms with Crippen LogP contribution in [0, 0.1) is 0 Å². The number of nitrogens with zero attached hydrogens (tertiary/aromatic N) is 2. The van der Waals surface area contributed by atoms with Crippen molar-refractivity contribution in [2.75, 3.05) is 20.6 Å². The predicted molar refractivity (Wildman–Crippen MR) is 82.8 cm³/mol. The molecule has 0 spiro atoms. The monoisotopic (exact) mass is 281 g/mol. The van der Waals surface area contributed by atoms with E-state index in [1.807, 2.05) is 11.7 Å². The summed E-state index contributed by atoms with van der Waals surface area (Å²) in [7, 11) is 4.50. The van der Waals surface area contributed by atoms with E-state index in [1.54, 1.807) is 11.3 Å². The van der Waals surface area contributed by atoms with Gasteiger partial charge in [0.05, 0.1) is 5.51 Å². The Morgan fingerprint density at radius 3 is 2.63 bits per heavy atom. The van der Waals surface area contributed by atoms with Gasteiger partial charge in [-0.15, -0.1) is 11.3 Å².